The lowest BCUT2D eigenvalue weighted by Crippen LogP contribution is -2.37. The molecule has 0 saturated heterocycles. The molecule has 2 aromatic carbocycles. The van der Waals surface area contributed by atoms with Gasteiger partial charge in [0.1, 0.15) is 5.75 Å². The third-order valence-corrected chi connectivity index (χ3v) is 3.29. The second kappa shape index (κ2) is 9.44. The molecule has 0 aliphatic carbocycles. The van der Waals surface area contributed by atoms with Gasteiger partial charge in [0.2, 0.25) is 0 Å². The van der Waals surface area contributed by atoms with Gasteiger partial charge in [0.25, 0.3) is 11.8 Å². The fourth-order valence-electron chi connectivity index (χ4n) is 1.89. The number of halogens is 1. The molecule has 0 aromatic heterocycles. The molecule has 0 atom stereocenters. The van der Waals surface area contributed by atoms with E-state index in [1.165, 1.54) is 6.21 Å². The number of hydrogen-bond donors (Lipinski definition) is 2. The highest BCUT2D eigenvalue weighted by molar-refractivity contribution is 6.30. The number of ether oxygens (including phenoxy) is 1. The summed E-state index contributed by atoms with van der Waals surface area (Å²) in [6.07, 6.45) is 1.46. The first-order chi connectivity index (χ1) is 12.0. The summed E-state index contributed by atoms with van der Waals surface area (Å²) in [5.74, 6) is -0.233. The zero-order chi connectivity index (χ0) is 18.1. The molecular formula is C18H18ClN3O3. The molecule has 0 fully saturated rings. The van der Waals surface area contributed by atoms with Crippen LogP contribution in [0.4, 0.5) is 0 Å². The van der Waals surface area contributed by atoms with Crippen LogP contribution in [0.2, 0.25) is 5.02 Å². The molecule has 0 radical (unpaired) electrons. The number of hydrogen-bond acceptors (Lipinski definition) is 4. The van der Waals surface area contributed by atoms with E-state index in [4.69, 9.17) is 16.3 Å². The van der Waals surface area contributed by atoms with Gasteiger partial charge in [0, 0.05) is 5.02 Å². The molecule has 0 saturated carbocycles. The molecule has 25 heavy (non-hydrogen) atoms. The predicted octanol–water partition coefficient (Wildman–Crippen LogP) is 2.29. The Morgan fingerprint density at radius 3 is 2.72 bits per heavy atom. The molecule has 6 nitrogen and oxygen atoms in total. The molecular weight excluding hydrogens is 342 g/mol. The van der Waals surface area contributed by atoms with Gasteiger partial charge in [-0.2, -0.15) is 5.10 Å². The van der Waals surface area contributed by atoms with Gasteiger partial charge in [0.15, 0.2) is 6.61 Å². The van der Waals surface area contributed by atoms with Gasteiger partial charge in [-0.05, 0) is 42.3 Å². The summed E-state index contributed by atoms with van der Waals surface area (Å²) in [6.45, 7) is 1.58. The van der Waals surface area contributed by atoms with E-state index < -0.39 is 11.8 Å². The van der Waals surface area contributed by atoms with Crippen LogP contribution >= 0.6 is 11.6 Å². The third-order valence-electron chi connectivity index (χ3n) is 3.06. The number of carbonyl (C=O) groups is 2. The lowest BCUT2D eigenvalue weighted by molar-refractivity contribution is -0.127. The van der Waals surface area contributed by atoms with Crippen LogP contribution in [-0.2, 0) is 9.59 Å². The van der Waals surface area contributed by atoms with Crippen LogP contribution in [0, 0.1) is 6.92 Å². The second-order valence-electron chi connectivity index (χ2n) is 5.23. The lowest BCUT2D eigenvalue weighted by Gasteiger charge is -2.07. The van der Waals surface area contributed by atoms with E-state index in [2.05, 4.69) is 15.8 Å². The summed E-state index contributed by atoms with van der Waals surface area (Å²) in [4.78, 5) is 23.3. The predicted molar refractivity (Wildman–Crippen MR) is 96.9 cm³/mol. The minimum atomic E-state index is -0.442. The van der Waals surface area contributed by atoms with Crippen molar-refractivity contribution in [3.05, 3.63) is 64.7 Å². The molecule has 2 amide bonds. The first kappa shape index (κ1) is 18.5. The molecule has 2 rings (SSSR count). The van der Waals surface area contributed by atoms with E-state index in [0.717, 1.165) is 11.1 Å². The van der Waals surface area contributed by atoms with Crippen molar-refractivity contribution in [1.29, 1.82) is 0 Å². The first-order valence-electron chi connectivity index (χ1n) is 7.56. The van der Waals surface area contributed by atoms with Crippen LogP contribution in [0.5, 0.6) is 5.75 Å². The van der Waals surface area contributed by atoms with Crippen LogP contribution in [0.3, 0.4) is 0 Å². The summed E-state index contributed by atoms with van der Waals surface area (Å²) >= 11 is 5.85. The number of benzene rings is 2. The smallest absolute Gasteiger partial charge is 0.259 e. The molecule has 0 aliphatic rings. The fourth-order valence-corrected chi connectivity index (χ4v) is 2.09. The number of hydrazone groups is 1. The van der Waals surface area contributed by atoms with Crippen molar-refractivity contribution in [2.45, 2.75) is 6.92 Å². The number of aryl methyl sites for hydroxylation is 1. The summed E-state index contributed by atoms with van der Waals surface area (Å²) in [6, 6.07) is 14.4. The number of nitrogens with one attached hydrogen (secondary N) is 2. The van der Waals surface area contributed by atoms with E-state index >= 15 is 0 Å². The highest BCUT2D eigenvalue weighted by Crippen LogP contribution is 2.11. The standard InChI is InChI=1S/C18H18ClN3O3/c1-13-4-2-7-16(8-13)25-12-18(24)20-11-17(23)22-21-10-14-5-3-6-15(19)9-14/h2-10H,11-12H2,1H3,(H,20,24)(H,22,23)/b21-10-. The average Bonchev–Trinajstić information content (AvgIpc) is 2.58. The molecule has 2 N–H and O–H groups in total. The third kappa shape index (κ3) is 7.05. The summed E-state index contributed by atoms with van der Waals surface area (Å²) in [5.41, 5.74) is 4.11. The van der Waals surface area contributed by atoms with E-state index in [0.29, 0.717) is 10.8 Å². The Kier molecular flexibility index (Phi) is 6.98. The largest absolute Gasteiger partial charge is 0.484 e. The van der Waals surface area contributed by atoms with Crippen molar-refractivity contribution in [2.24, 2.45) is 5.10 Å². The number of carbonyl (C=O) groups excluding carboxylic acids is 2. The van der Waals surface area contributed by atoms with Gasteiger partial charge in [0.05, 0.1) is 12.8 Å². The normalized spacial score (nSPS) is 10.5. The molecule has 7 heteroatoms. The molecule has 2 aromatic rings. The quantitative estimate of drug-likeness (QED) is 0.588. The molecule has 0 spiro atoms. The van der Waals surface area contributed by atoms with E-state index in [1.807, 2.05) is 25.1 Å². The Balaban J connectivity index is 1.68. The van der Waals surface area contributed by atoms with Crippen molar-refractivity contribution in [3.63, 3.8) is 0 Å². The maximum Gasteiger partial charge on any atom is 0.259 e. The topological polar surface area (TPSA) is 79.8 Å². The monoisotopic (exact) mass is 359 g/mol. The lowest BCUT2D eigenvalue weighted by atomic mass is 10.2. The minimum Gasteiger partial charge on any atom is -0.484 e. The molecule has 0 unspecified atom stereocenters. The zero-order valence-corrected chi connectivity index (χ0v) is 14.4. The van der Waals surface area contributed by atoms with Crippen molar-refractivity contribution in [1.82, 2.24) is 10.7 Å². The zero-order valence-electron chi connectivity index (χ0n) is 13.7. The van der Waals surface area contributed by atoms with Crippen LogP contribution in [0.1, 0.15) is 11.1 Å². The molecule has 0 bridgehead atoms. The van der Waals surface area contributed by atoms with Crippen molar-refractivity contribution in [3.8, 4) is 5.75 Å². The second-order valence-corrected chi connectivity index (χ2v) is 5.67. The van der Waals surface area contributed by atoms with Crippen LogP contribution in [0.15, 0.2) is 53.6 Å². The molecule has 130 valence electrons. The van der Waals surface area contributed by atoms with Crippen LogP contribution in [-0.4, -0.2) is 31.2 Å². The van der Waals surface area contributed by atoms with Crippen LogP contribution in [0.25, 0.3) is 0 Å². The Bertz CT molecular complexity index is 778. The van der Waals surface area contributed by atoms with Crippen molar-refractivity contribution < 1.29 is 14.3 Å². The Hall–Kier alpha value is -2.86. The highest BCUT2D eigenvalue weighted by Gasteiger charge is 2.06. The Labute approximate surface area is 150 Å². The van der Waals surface area contributed by atoms with E-state index in [-0.39, 0.29) is 13.2 Å². The Morgan fingerprint density at radius 2 is 1.96 bits per heavy atom. The van der Waals surface area contributed by atoms with Crippen molar-refractivity contribution >= 4 is 29.6 Å². The van der Waals surface area contributed by atoms with Gasteiger partial charge < -0.3 is 10.1 Å². The van der Waals surface area contributed by atoms with Gasteiger partial charge in [-0.1, -0.05) is 35.9 Å². The van der Waals surface area contributed by atoms with Gasteiger partial charge >= 0.3 is 0 Å². The number of rotatable bonds is 7. The number of amides is 2. The minimum absolute atomic E-state index is 0.164. The molecule has 0 aliphatic heterocycles. The Morgan fingerprint density at radius 1 is 1.16 bits per heavy atom. The maximum atomic E-state index is 11.7. The van der Waals surface area contributed by atoms with Gasteiger partial charge in [-0.3, -0.25) is 9.59 Å². The highest BCUT2D eigenvalue weighted by atomic mass is 35.5. The van der Waals surface area contributed by atoms with E-state index in [9.17, 15) is 9.59 Å². The maximum absolute atomic E-state index is 11.7. The average molecular weight is 360 g/mol. The summed E-state index contributed by atoms with van der Waals surface area (Å²) in [7, 11) is 0. The first-order valence-corrected chi connectivity index (χ1v) is 7.94. The van der Waals surface area contributed by atoms with E-state index in [1.54, 1.807) is 30.3 Å². The molecule has 0 heterocycles. The number of nitrogens with zero attached hydrogens (tertiary/aromatic N) is 1. The summed E-state index contributed by atoms with van der Waals surface area (Å²) < 4.78 is 5.35. The van der Waals surface area contributed by atoms with Gasteiger partial charge in [-0.25, -0.2) is 5.43 Å². The van der Waals surface area contributed by atoms with Crippen molar-refractivity contribution in [2.75, 3.05) is 13.2 Å². The SMILES string of the molecule is Cc1cccc(OCC(=O)NCC(=O)N/N=C\c2cccc(Cl)c2)c1. The summed E-state index contributed by atoms with van der Waals surface area (Å²) in [5, 5.41) is 6.83. The van der Waals surface area contributed by atoms with Gasteiger partial charge in [-0.15, -0.1) is 0 Å². The van der Waals surface area contributed by atoms with Crippen LogP contribution < -0.4 is 15.5 Å². The fraction of sp³-hybridized carbons (Fsp3) is 0.167.